The Hall–Kier alpha value is -5.19. The molecule has 0 bridgehead atoms. The molecule has 1 saturated heterocycles. The molecule has 82 heavy (non-hydrogen) atoms. The second-order valence-electron chi connectivity index (χ2n) is 20.9. The highest BCUT2D eigenvalue weighted by atomic mass is 31.2. The van der Waals surface area contributed by atoms with Crippen LogP contribution < -0.4 is 38.1 Å². The average molecular weight is 1190 g/mol. The number of cyclic esters (lactones) is 1. The number of hydrogen-bond acceptors (Lipinski definition) is 20. The first kappa shape index (κ1) is 74.8. The van der Waals surface area contributed by atoms with Gasteiger partial charge in [0.1, 0.15) is 36.8 Å². The van der Waals surface area contributed by atoms with Gasteiger partial charge in [-0.3, -0.25) is 47.4 Å². The van der Waals surface area contributed by atoms with Crippen LogP contribution in [0.3, 0.4) is 0 Å². The molecule has 1 aliphatic rings. The monoisotopic (exact) mass is 1190 g/mol. The molecule has 0 radical (unpaired) electrons. The van der Waals surface area contributed by atoms with Crippen molar-refractivity contribution in [2.75, 3.05) is 54.5 Å². The van der Waals surface area contributed by atoms with Gasteiger partial charge in [-0.05, 0) is 100 Å². The van der Waals surface area contributed by atoms with Crippen molar-refractivity contribution >= 4 is 66.9 Å². The molecule has 1 rings (SSSR count). The molecule has 10 atom stereocenters. The average Bonchev–Trinajstić information content (AvgIpc) is 3.95. The first-order valence-electron chi connectivity index (χ1n) is 28.6. The Kier molecular flexibility index (Phi) is 37.3. The van der Waals surface area contributed by atoms with Gasteiger partial charge in [0.2, 0.25) is 47.5 Å². The molecule has 13 N–H and O–H groups in total. The summed E-state index contributed by atoms with van der Waals surface area (Å²) >= 11 is 0. The third-order valence-corrected chi connectivity index (χ3v) is 15.9. The molecule has 29 heteroatoms. The van der Waals surface area contributed by atoms with E-state index in [1.165, 1.54) is 82.5 Å². The summed E-state index contributed by atoms with van der Waals surface area (Å²) in [7, 11) is 1.73. The quantitative estimate of drug-likeness (QED) is 0.0129. The fraction of sp³-hybridized carbons (Fsp3) is 0.811. The van der Waals surface area contributed by atoms with Crippen LogP contribution >= 0.6 is 7.67 Å². The molecule has 0 aliphatic carbocycles. The van der Waals surface area contributed by atoms with Gasteiger partial charge < -0.3 is 72.7 Å². The molecule has 0 aromatic heterocycles. The number of rotatable bonds is 46. The van der Waals surface area contributed by atoms with Crippen molar-refractivity contribution in [3.63, 3.8) is 0 Å². The van der Waals surface area contributed by atoms with E-state index in [1.807, 2.05) is 0 Å². The van der Waals surface area contributed by atoms with Crippen LogP contribution in [0.2, 0.25) is 0 Å². The number of esters is 3. The molecule has 0 spiro atoms. The predicted octanol–water partition coefficient (Wildman–Crippen LogP) is 0.334. The number of Topliss-reactive ketones (excluding diaryl/α,β-unsaturated/α-hetero) is 1. The molecule has 472 valence electrons. The van der Waals surface area contributed by atoms with Gasteiger partial charge in [0, 0.05) is 12.8 Å². The van der Waals surface area contributed by atoms with Crippen molar-refractivity contribution in [2.45, 2.75) is 223 Å². The molecular formula is C53H96N9O19P. The molecule has 1 heterocycles. The lowest BCUT2D eigenvalue weighted by molar-refractivity contribution is -0.172. The highest BCUT2D eigenvalue weighted by Gasteiger charge is 2.53. The van der Waals surface area contributed by atoms with Gasteiger partial charge in [-0.25, -0.2) is 18.9 Å². The molecule has 5 amide bonds. The predicted molar refractivity (Wildman–Crippen MR) is 299 cm³/mol. The van der Waals surface area contributed by atoms with Crippen molar-refractivity contribution < 1.29 is 91.7 Å². The number of carbonyl (C=O) groups excluding carboxylic acids is 9. The Morgan fingerprint density at radius 2 is 1.06 bits per heavy atom. The maximum Gasteiger partial charge on any atom is 0.346 e. The van der Waals surface area contributed by atoms with E-state index in [1.54, 1.807) is 0 Å². The molecule has 28 nitrogen and oxygen atoms in total. The Balaban J connectivity index is 3.14. The molecule has 1 fully saturated rings. The number of nitrogens with two attached hydrogens (primary N) is 2. The topological polar surface area (TPSA) is 424 Å². The second-order valence-corrected chi connectivity index (χ2v) is 23.7. The summed E-state index contributed by atoms with van der Waals surface area (Å²) in [5, 5.41) is 51.4. The molecule has 0 saturated carbocycles. The number of carboxylic acids is 1. The van der Waals surface area contributed by atoms with E-state index < -0.39 is 154 Å². The van der Waals surface area contributed by atoms with Crippen molar-refractivity contribution in [2.24, 2.45) is 11.5 Å². The van der Waals surface area contributed by atoms with E-state index >= 15 is 0 Å². The minimum Gasteiger partial charge on any atom is -0.480 e. The van der Waals surface area contributed by atoms with Gasteiger partial charge in [0.05, 0.1) is 25.2 Å². The standard InChI is InChI=1S/C53H96N9O19P/c1-8-9-10-11-12-13-14-15-16-17-18-19-20-27-42(68)79-39(46-45(69)47(53(76)80-46)81-82(77,61(4)5)62(6)7)33-78-41(67)29-28-40(66)56-36(25-21-23-30-54)49(71)59-44(35(3)65)51(73)60-43(34(2)64)50(72)57-37(26-22-24-31-55)48(70)58-38(32-63)52(74)75/h34-39,43-44,46-47,63-65H,8-33,54-55H2,1-7H3,(H,56,66)(H,57,72)(H,58,70)(H,59,71)(H,60,73)(H,74,75)/t34-,35-,36+,37+,38+,39?,43+,44+,46?,47?/m1/s1. The number of nitrogens with one attached hydrogen (secondary N) is 5. The van der Waals surface area contributed by atoms with Crippen LogP contribution in [0.25, 0.3) is 0 Å². The summed E-state index contributed by atoms with van der Waals surface area (Å²) in [6, 6.07) is -8.15. The fourth-order valence-corrected chi connectivity index (χ4v) is 10.1. The third-order valence-electron chi connectivity index (χ3n) is 13.4. The summed E-state index contributed by atoms with van der Waals surface area (Å²) in [5.41, 5.74) is 11.2. The fourth-order valence-electron chi connectivity index (χ4n) is 8.53. The largest absolute Gasteiger partial charge is 0.480 e. The Morgan fingerprint density at radius 3 is 1.52 bits per heavy atom. The van der Waals surface area contributed by atoms with Gasteiger partial charge >= 0.3 is 31.5 Å². The summed E-state index contributed by atoms with van der Waals surface area (Å²) in [6.45, 7) is 3.09. The number of unbranched alkanes of at least 4 members (excludes halogenated alkanes) is 14. The minimum absolute atomic E-state index is 0.0531. The van der Waals surface area contributed by atoms with Crippen LogP contribution in [0.15, 0.2) is 0 Å². The summed E-state index contributed by atoms with van der Waals surface area (Å²) in [4.78, 5) is 132. The van der Waals surface area contributed by atoms with Gasteiger partial charge in [-0.1, -0.05) is 84.0 Å². The van der Waals surface area contributed by atoms with Crippen molar-refractivity contribution in [3.05, 3.63) is 0 Å². The van der Waals surface area contributed by atoms with Crippen LogP contribution in [0.5, 0.6) is 0 Å². The first-order valence-corrected chi connectivity index (χ1v) is 30.2. The van der Waals surface area contributed by atoms with Gasteiger partial charge in [-0.2, -0.15) is 0 Å². The molecule has 3 unspecified atom stereocenters. The Morgan fingerprint density at radius 1 is 0.610 bits per heavy atom. The Labute approximate surface area is 481 Å². The number of aliphatic hydroxyl groups is 3. The number of aliphatic hydroxyl groups excluding tert-OH is 3. The lowest BCUT2D eigenvalue weighted by Gasteiger charge is -2.30. The smallest absolute Gasteiger partial charge is 0.346 e. The number of ether oxygens (including phenoxy) is 3. The maximum atomic E-state index is 13.8. The van der Waals surface area contributed by atoms with E-state index in [0.717, 1.165) is 46.0 Å². The highest BCUT2D eigenvalue weighted by Crippen LogP contribution is 2.52. The zero-order chi connectivity index (χ0) is 62.0. The first-order chi connectivity index (χ1) is 38.8. The normalized spacial score (nSPS) is 17.3. The molecule has 1 aliphatic heterocycles. The van der Waals surface area contributed by atoms with E-state index in [-0.39, 0.29) is 45.2 Å². The van der Waals surface area contributed by atoms with Crippen LogP contribution in [0, 0.1) is 0 Å². The van der Waals surface area contributed by atoms with Gasteiger partial charge in [0.25, 0.3) is 0 Å². The van der Waals surface area contributed by atoms with E-state index in [0.29, 0.717) is 19.3 Å². The van der Waals surface area contributed by atoms with Crippen molar-refractivity contribution in [1.29, 1.82) is 0 Å². The number of ketones is 1. The van der Waals surface area contributed by atoms with Crippen LogP contribution in [-0.4, -0.2) is 204 Å². The van der Waals surface area contributed by atoms with Crippen molar-refractivity contribution in [1.82, 2.24) is 35.9 Å². The van der Waals surface area contributed by atoms with E-state index in [2.05, 4.69) is 33.5 Å². The molecule has 0 aromatic rings. The van der Waals surface area contributed by atoms with Crippen LogP contribution in [-0.2, 0) is 71.2 Å². The Bertz CT molecular complexity index is 2060. The molecule has 0 aromatic carbocycles. The SMILES string of the molecule is CCCCCCCCCCCCCCCC(=O)OC(COC(=O)CCC(=O)N[C@@H](CCCCN)C(=O)N[C@H](C(=O)N[C@H](C(=O)N[C@@H](CCCCN)C(=O)N[C@@H](CO)C(=O)O)[C@@H](C)O)[C@@H](C)O)C1OC(=O)C(OP(=O)(N(C)C)N(C)C)C1=O. The van der Waals surface area contributed by atoms with Gasteiger partial charge in [0.15, 0.2) is 6.10 Å². The van der Waals surface area contributed by atoms with Gasteiger partial charge in [-0.15, -0.1) is 0 Å². The molecular weight excluding hydrogens is 1100 g/mol. The lowest BCUT2D eigenvalue weighted by atomic mass is 10.0. The minimum atomic E-state index is -3.93. The maximum absolute atomic E-state index is 13.8. The number of aliphatic carboxylic acids is 1. The number of nitrogens with zero attached hydrogens (tertiary/aromatic N) is 2. The highest BCUT2D eigenvalue weighted by molar-refractivity contribution is 7.53. The number of amides is 5. The summed E-state index contributed by atoms with van der Waals surface area (Å²) < 4.78 is 37.8. The number of hydrogen-bond donors (Lipinski definition) is 11. The van der Waals surface area contributed by atoms with Crippen LogP contribution in [0.1, 0.15) is 162 Å². The zero-order valence-corrected chi connectivity index (χ0v) is 50.0. The van der Waals surface area contributed by atoms with E-state index in [9.17, 15) is 72.9 Å². The van der Waals surface area contributed by atoms with E-state index in [4.69, 9.17) is 30.2 Å². The summed E-state index contributed by atoms with van der Waals surface area (Å²) in [5.74, 6) is -10.8. The summed E-state index contributed by atoms with van der Waals surface area (Å²) in [6.07, 6.45) is 5.11. The lowest BCUT2D eigenvalue weighted by Crippen LogP contribution is -2.62. The number of carboxylic acid groups (broad SMARTS) is 1. The third kappa shape index (κ3) is 27.9. The van der Waals surface area contributed by atoms with Crippen molar-refractivity contribution in [3.8, 4) is 0 Å². The second kappa shape index (κ2) is 40.9. The number of carbonyl (C=O) groups is 10. The van der Waals surface area contributed by atoms with Crippen LogP contribution in [0.4, 0.5) is 0 Å². The zero-order valence-electron chi connectivity index (χ0n) is 49.1.